The Morgan fingerprint density at radius 1 is 1.15 bits per heavy atom. The Balaban J connectivity index is 1.44. The summed E-state index contributed by atoms with van der Waals surface area (Å²) in [4.78, 5) is 21.8. The average Bonchev–Trinajstić information content (AvgIpc) is 3.33. The predicted molar refractivity (Wildman–Crippen MR) is 138 cm³/mol. The first-order valence-electron chi connectivity index (χ1n) is 11.9. The molecule has 0 N–H and O–H groups in total. The summed E-state index contributed by atoms with van der Waals surface area (Å²) >= 11 is 6.36. The van der Waals surface area contributed by atoms with Gasteiger partial charge in [0.05, 0.1) is 6.10 Å². The van der Waals surface area contributed by atoms with Crippen LogP contribution in [0.25, 0.3) is 11.1 Å². The Hall–Kier alpha value is -2.89. The molecule has 0 aliphatic carbocycles. The number of likely N-dealkylation sites (N-methyl/N-ethyl adjacent to an activating group) is 1. The van der Waals surface area contributed by atoms with Crippen molar-refractivity contribution in [1.82, 2.24) is 9.88 Å². The molecule has 0 radical (unpaired) electrons. The van der Waals surface area contributed by atoms with E-state index in [1.165, 1.54) is 5.56 Å². The number of carbonyl (C=O) groups is 1. The van der Waals surface area contributed by atoms with Gasteiger partial charge >= 0.3 is 5.97 Å². The van der Waals surface area contributed by atoms with Gasteiger partial charge in [-0.1, -0.05) is 61.0 Å². The molecule has 4 rings (SSSR count). The van der Waals surface area contributed by atoms with Gasteiger partial charge in [-0.15, -0.1) is 0 Å². The first-order chi connectivity index (χ1) is 16.5. The third-order valence-corrected chi connectivity index (χ3v) is 6.59. The summed E-state index contributed by atoms with van der Waals surface area (Å²) in [5, 5.41) is 0.766. The van der Waals surface area contributed by atoms with Crippen LogP contribution in [0.4, 0.5) is 5.82 Å². The largest absolute Gasteiger partial charge is 0.459 e. The Morgan fingerprint density at radius 3 is 2.62 bits per heavy atom. The van der Waals surface area contributed by atoms with Gasteiger partial charge in [-0.25, -0.2) is 9.78 Å². The number of rotatable bonds is 8. The van der Waals surface area contributed by atoms with Crippen molar-refractivity contribution in [3.05, 3.63) is 83.0 Å². The molecule has 1 atom stereocenters. The fraction of sp³-hybridized carbons (Fsp3) is 0.357. The molecule has 1 saturated heterocycles. The van der Waals surface area contributed by atoms with Crippen LogP contribution < -0.4 is 4.90 Å². The highest BCUT2D eigenvalue weighted by Gasteiger charge is 2.30. The lowest BCUT2D eigenvalue weighted by molar-refractivity contribution is 0.0378. The van der Waals surface area contributed by atoms with Gasteiger partial charge in [0, 0.05) is 42.5 Å². The van der Waals surface area contributed by atoms with Gasteiger partial charge in [0.25, 0.3) is 0 Å². The minimum Gasteiger partial charge on any atom is -0.459 e. The van der Waals surface area contributed by atoms with Crippen LogP contribution in [0.3, 0.4) is 0 Å². The number of aromatic nitrogens is 1. The Morgan fingerprint density at radius 2 is 1.91 bits per heavy atom. The molecule has 0 amide bonds. The van der Waals surface area contributed by atoms with Crippen molar-refractivity contribution in [3.63, 3.8) is 0 Å². The topological polar surface area (TPSA) is 45.7 Å². The molecular weight excluding hydrogens is 446 g/mol. The van der Waals surface area contributed by atoms with Crippen molar-refractivity contribution < 1.29 is 9.53 Å². The van der Waals surface area contributed by atoms with Gasteiger partial charge < -0.3 is 9.64 Å². The molecule has 3 aromatic rings. The van der Waals surface area contributed by atoms with E-state index in [4.69, 9.17) is 16.3 Å². The summed E-state index contributed by atoms with van der Waals surface area (Å²) in [7, 11) is 0. The zero-order valence-electron chi connectivity index (χ0n) is 20.1. The van der Waals surface area contributed by atoms with Crippen LogP contribution in [0.15, 0.2) is 66.9 Å². The van der Waals surface area contributed by atoms with Crippen molar-refractivity contribution in [1.29, 1.82) is 0 Å². The normalized spacial score (nSPS) is 15.8. The standard InChI is InChI=1S/C28H32ClN3O2/c1-4-31(18-21-11-13-22(14-12-21)24-8-5-6-10-26(24)29)23-15-17-32(19-23)27-25(9-7-16-30-27)28(33)34-20(2)3/h5-14,16,20,23H,4,15,17-19H2,1-3H3/t23-/m1/s1. The van der Waals surface area contributed by atoms with Gasteiger partial charge in [0.15, 0.2) is 0 Å². The molecule has 2 heterocycles. The fourth-order valence-electron chi connectivity index (χ4n) is 4.54. The van der Waals surface area contributed by atoms with Crippen molar-refractivity contribution in [2.75, 3.05) is 24.5 Å². The number of anilines is 1. The van der Waals surface area contributed by atoms with Crippen molar-refractivity contribution in [3.8, 4) is 11.1 Å². The lowest BCUT2D eigenvalue weighted by Gasteiger charge is -2.28. The monoisotopic (exact) mass is 477 g/mol. The first kappa shape index (κ1) is 24.2. The van der Waals surface area contributed by atoms with E-state index in [1.54, 1.807) is 18.3 Å². The molecule has 1 fully saturated rings. The predicted octanol–water partition coefficient (Wildman–Crippen LogP) is 6.07. The molecule has 0 bridgehead atoms. The van der Waals surface area contributed by atoms with Crippen LogP contribution in [0.5, 0.6) is 0 Å². The highest BCUT2D eigenvalue weighted by atomic mass is 35.5. The number of benzene rings is 2. The van der Waals surface area contributed by atoms with Crippen LogP contribution in [0.1, 0.15) is 43.1 Å². The zero-order chi connectivity index (χ0) is 24.1. The van der Waals surface area contributed by atoms with E-state index in [2.05, 4.69) is 46.0 Å². The van der Waals surface area contributed by atoms with Crippen molar-refractivity contribution in [2.24, 2.45) is 0 Å². The highest BCUT2D eigenvalue weighted by molar-refractivity contribution is 6.33. The molecule has 2 aromatic carbocycles. The smallest absolute Gasteiger partial charge is 0.342 e. The van der Waals surface area contributed by atoms with Crippen molar-refractivity contribution >= 4 is 23.4 Å². The molecule has 0 spiro atoms. The summed E-state index contributed by atoms with van der Waals surface area (Å²) < 4.78 is 5.44. The van der Waals surface area contributed by atoms with E-state index >= 15 is 0 Å². The zero-order valence-corrected chi connectivity index (χ0v) is 20.8. The van der Waals surface area contributed by atoms with E-state index < -0.39 is 0 Å². The molecule has 0 unspecified atom stereocenters. The fourth-order valence-corrected chi connectivity index (χ4v) is 4.78. The van der Waals surface area contributed by atoms with Crippen LogP contribution in [-0.4, -0.2) is 47.6 Å². The van der Waals surface area contributed by atoms with E-state index in [9.17, 15) is 4.79 Å². The molecule has 6 heteroatoms. The number of halogens is 1. The molecule has 178 valence electrons. The van der Waals surface area contributed by atoms with E-state index in [0.29, 0.717) is 11.6 Å². The van der Waals surface area contributed by atoms with Crippen molar-refractivity contribution in [2.45, 2.75) is 45.9 Å². The lowest BCUT2D eigenvalue weighted by atomic mass is 10.0. The summed E-state index contributed by atoms with van der Waals surface area (Å²) in [6.45, 7) is 9.46. The van der Waals surface area contributed by atoms with Gasteiger partial charge in [0.1, 0.15) is 11.4 Å². The third-order valence-electron chi connectivity index (χ3n) is 6.26. The van der Waals surface area contributed by atoms with E-state index in [0.717, 1.165) is 54.6 Å². The molecule has 0 saturated carbocycles. The van der Waals surface area contributed by atoms with E-state index in [1.807, 2.05) is 38.1 Å². The summed E-state index contributed by atoms with van der Waals surface area (Å²) in [5.41, 5.74) is 3.99. The number of carbonyl (C=O) groups excluding carboxylic acids is 1. The first-order valence-corrected chi connectivity index (χ1v) is 12.3. The van der Waals surface area contributed by atoms with Gasteiger partial charge in [-0.2, -0.15) is 0 Å². The summed E-state index contributed by atoms with van der Waals surface area (Å²) in [6.07, 6.45) is 2.61. The Labute approximate surface area is 207 Å². The maximum absolute atomic E-state index is 12.6. The summed E-state index contributed by atoms with van der Waals surface area (Å²) in [5.74, 6) is 0.406. The lowest BCUT2D eigenvalue weighted by Crippen LogP contribution is -2.37. The number of ether oxygens (including phenoxy) is 1. The van der Waals surface area contributed by atoms with Crippen LogP contribution in [-0.2, 0) is 11.3 Å². The quantitative estimate of drug-likeness (QED) is 0.368. The molecule has 1 aliphatic rings. The van der Waals surface area contributed by atoms with Gasteiger partial charge in [0.2, 0.25) is 0 Å². The minimum atomic E-state index is -0.312. The second-order valence-electron chi connectivity index (χ2n) is 8.96. The highest BCUT2D eigenvalue weighted by Crippen LogP contribution is 2.29. The molecule has 34 heavy (non-hydrogen) atoms. The van der Waals surface area contributed by atoms with Crippen LogP contribution in [0, 0.1) is 0 Å². The molecule has 1 aromatic heterocycles. The van der Waals surface area contributed by atoms with Crippen LogP contribution in [0.2, 0.25) is 5.02 Å². The Bertz CT molecular complexity index is 1120. The Kier molecular flexibility index (Phi) is 7.86. The number of esters is 1. The number of pyridine rings is 1. The van der Waals surface area contributed by atoms with Crippen LogP contribution >= 0.6 is 11.6 Å². The minimum absolute atomic E-state index is 0.160. The summed E-state index contributed by atoms with van der Waals surface area (Å²) in [6, 6.07) is 20.6. The molecule has 1 aliphatic heterocycles. The third kappa shape index (κ3) is 5.60. The molecule has 5 nitrogen and oxygen atoms in total. The maximum Gasteiger partial charge on any atom is 0.342 e. The maximum atomic E-state index is 12.6. The second-order valence-corrected chi connectivity index (χ2v) is 9.36. The van der Waals surface area contributed by atoms with Gasteiger partial charge in [-0.05, 0) is 56.1 Å². The second kappa shape index (κ2) is 11.0. The number of nitrogens with zero attached hydrogens (tertiary/aromatic N) is 3. The number of hydrogen-bond acceptors (Lipinski definition) is 5. The average molecular weight is 478 g/mol. The SMILES string of the molecule is CCN(Cc1ccc(-c2ccccc2Cl)cc1)[C@@H]1CCN(c2ncccc2C(=O)OC(C)C)C1. The number of hydrogen-bond donors (Lipinski definition) is 0. The molecular formula is C28H32ClN3O2. The van der Waals surface area contributed by atoms with Gasteiger partial charge in [-0.3, -0.25) is 4.90 Å². The van der Waals surface area contributed by atoms with E-state index in [-0.39, 0.29) is 12.1 Å².